The summed E-state index contributed by atoms with van der Waals surface area (Å²) < 4.78 is 1.58. The Morgan fingerprint density at radius 3 is 2.92 bits per heavy atom. The van der Waals surface area contributed by atoms with E-state index in [1.165, 1.54) is 6.33 Å². The number of hydrogen-bond donors (Lipinski definition) is 2. The highest BCUT2D eigenvalue weighted by molar-refractivity contribution is 4.57. The van der Waals surface area contributed by atoms with Gasteiger partial charge in [-0.2, -0.15) is 0 Å². The van der Waals surface area contributed by atoms with E-state index in [9.17, 15) is 5.11 Å². The minimum absolute atomic E-state index is 0.348. The average molecular weight is 171 g/mol. The van der Waals surface area contributed by atoms with Gasteiger partial charge in [0.15, 0.2) is 0 Å². The standard InChI is InChI=1S/C6H13N5O/c7-3-1-6(12)2-4-11-5-8-9-10-11/h5-6,12H,1-4,7H2/t6-/m1/s1. The zero-order valence-corrected chi connectivity index (χ0v) is 6.80. The Labute approximate surface area is 70.4 Å². The third kappa shape index (κ3) is 2.93. The fraction of sp³-hybridized carbons (Fsp3) is 0.833. The van der Waals surface area contributed by atoms with Crippen LogP contribution in [0.15, 0.2) is 6.33 Å². The first-order valence-electron chi connectivity index (χ1n) is 3.92. The lowest BCUT2D eigenvalue weighted by molar-refractivity contribution is 0.149. The number of nitrogens with zero attached hydrogens (tertiary/aromatic N) is 4. The molecule has 0 fully saturated rings. The first-order valence-corrected chi connectivity index (χ1v) is 3.92. The highest BCUT2D eigenvalue weighted by Crippen LogP contribution is 1.97. The SMILES string of the molecule is NCC[C@@H](O)CCn1cnnn1. The maximum atomic E-state index is 9.29. The summed E-state index contributed by atoms with van der Waals surface area (Å²) >= 11 is 0. The molecule has 0 saturated carbocycles. The topological polar surface area (TPSA) is 89.8 Å². The van der Waals surface area contributed by atoms with Crippen molar-refractivity contribution >= 4 is 0 Å². The van der Waals surface area contributed by atoms with Gasteiger partial charge in [0.2, 0.25) is 0 Å². The molecule has 1 heterocycles. The van der Waals surface area contributed by atoms with Crippen LogP contribution in [0.2, 0.25) is 0 Å². The van der Waals surface area contributed by atoms with E-state index in [4.69, 9.17) is 5.73 Å². The second-order valence-corrected chi connectivity index (χ2v) is 2.59. The predicted molar refractivity (Wildman–Crippen MR) is 42.1 cm³/mol. The molecule has 6 heteroatoms. The largest absolute Gasteiger partial charge is 0.393 e. The van der Waals surface area contributed by atoms with Crippen molar-refractivity contribution in [2.75, 3.05) is 6.54 Å². The maximum absolute atomic E-state index is 9.29. The Bertz CT molecular complexity index is 200. The monoisotopic (exact) mass is 171 g/mol. The minimum atomic E-state index is -0.348. The molecule has 1 rings (SSSR count). The molecule has 0 amide bonds. The van der Waals surface area contributed by atoms with Crippen molar-refractivity contribution in [2.45, 2.75) is 25.5 Å². The van der Waals surface area contributed by atoms with E-state index in [-0.39, 0.29) is 6.10 Å². The van der Waals surface area contributed by atoms with Crippen LogP contribution in [0.3, 0.4) is 0 Å². The number of aromatic nitrogens is 4. The van der Waals surface area contributed by atoms with Crippen LogP contribution >= 0.6 is 0 Å². The molecular weight excluding hydrogens is 158 g/mol. The summed E-state index contributed by atoms with van der Waals surface area (Å²) in [5.41, 5.74) is 5.27. The Balaban J connectivity index is 2.17. The second-order valence-electron chi connectivity index (χ2n) is 2.59. The van der Waals surface area contributed by atoms with Gasteiger partial charge in [-0.15, -0.1) is 5.10 Å². The summed E-state index contributed by atoms with van der Waals surface area (Å²) in [4.78, 5) is 0. The smallest absolute Gasteiger partial charge is 0.138 e. The third-order valence-electron chi connectivity index (χ3n) is 1.58. The molecule has 0 radical (unpaired) electrons. The Kier molecular flexibility index (Phi) is 3.62. The average Bonchev–Trinajstić information content (AvgIpc) is 2.53. The normalized spacial score (nSPS) is 13.2. The first-order chi connectivity index (χ1) is 5.83. The van der Waals surface area contributed by atoms with Crippen molar-refractivity contribution < 1.29 is 5.11 Å². The van der Waals surface area contributed by atoms with Gasteiger partial charge in [0, 0.05) is 6.54 Å². The predicted octanol–water partition coefficient (Wildman–Crippen LogP) is -1.23. The van der Waals surface area contributed by atoms with Crippen LogP contribution in [0.4, 0.5) is 0 Å². The van der Waals surface area contributed by atoms with Crippen molar-refractivity contribution in [3.8, 4) is 0 Å². The van der Waals surface area contributed by atoms with E-state index in [2.05, 4.69) is 15.5 Å². The van der Waals surface area contributed by atoms with Crippen molar-refractivity contribution in [3.63, 3.8) is 0 Å². The molecule has 1 aromatic rings. The molecule has 3 N–H and O–H groups in total. The van der Waals surface area contributed by atoms with Crippen molar-refractivity contribution in [3.05, 3.63) is 6.33 Å². The van der Waals surface area contributed by atoms with Crippen LogP contribution < -0.4 is 5.73 Å². The number of nitrogens with two attached hydrogens (primary N) is 1. The number of aliphatic hydroxyl groups excluding tert-OH is 1. The molecule has 1 aromatic heterocycles. The molecule has 0 aliphatic heterocycles. The van der Waals surface area contributed by atoms with Crippen LogP contribution in [-0.2, 0) is 6.54 Å². The van der Waals surface area contributed by atoms with Crippen molar-refractivity contribution in [2.24, 2.45) is 5.73 Å². The fourth-order valence-corrected chi connectivity index (χ4v) is 0.901. The van der Waals surface area contributed by atoms with E-state index in [0.717, 1.165) is 0 Å². The molecule has 0 aliphatic rings. The summed E-state index contributed by atoms with van der Waals surface area (Å²) in [5.74, 6) is 0. The van der Waals surface area contributed by atoms with Crippen LogP contribution in [0.25, 0.3) is 0 Å². The molecule has 0 saturated heterocycles. The van der Waals surface area contributed by atoms with Gasteiger partial charge in [-0.3, -0.25) is 0 Å². The van der Waals surface area contributed by atoms with E-state index in [0.29, 0.717) is 25.9 Å². The highest BCUT2D eigenvalue weighted by atomic mass is 16.3. The molecule has 1 atom stereocenters. The zero-order valence-electron chi connectivity index (χ0n) is 6.80. The molecule has 12 heavy (non-hydrogen) atoms. The molecule has 0 unspecified atom stereocenters. The van der Waals surface area contributed by atoms with E-state index in [1.54, 1.807) is 4.68 Å². The fourth-order valence-electron chi connectivity index (χ4n) is 0.901. The molecule has 6 nitrogen and oxygen atoms in total. The van der Waals surface area contributed by atoms with Gasteiger partial charge >= 0.3 is 0 Å². The van der Waals surface area contributed by atoms with Gasteiger partial charge in [-0.1, -0.05) is 0 Å². The summed E-state index contributed by atoms with van der Waals surface area (Å²) in [6, 6.07) is 0. The van der Waals surface area contributed by atoms with E-state index in [1.807, 2.05) is 0 Å². The summed E-state index contributed by atoms with van der Waals surface area (Å²) in [6.07, 6.45) is 2.44. The minimum Gasteiger partial charge on any atom is -0.393 e. The lowest BCUT2D eigenvalue weighted by Crippen LogP contribution is -2.16. The van der Waals surface area contributed by atoms with Crippen LogP contribution in [0, 0.1) is 0 Å². The zero-order chi connectivity index (χ0) is 8.81. The van der Waals surface area contributed by atoms with Gasteiger partial charge in [0.05, 0.1) is 6.10 Å². The number of aryl methyl sites for hydroxylation is 1. The number of tetrazole rings is 1. The van der Waals surface area contributed by atoms with Gasteiger partial charge in [0.1, 0.15) is 6.33 Å². The lowest BCUT2D eigenvalue weighted by Gasteiger charge is -2.07. The summed E-state index contributed by atoms with van der Waals surface area (Å²) in [6.45, 7) is 1.14. The van der Waals surface area contributed by atoms with Gasteiger partial charge in [-0.05, 0) is 29.8 Å². The molecule has 0 aliphatic carbocycles. The van der Waals surface area contributed by atoms with Gasteiger partial charge in [-0.25, -0.2) is 4.68 Å². The molecule has 0 bridgehead atoms. The molecule has 0 spiro atoms. The van der Waals surface area contributed by atoms with Gasteiger partial charge < -0.3 is 10.8 Å². The Hall–Kier alpha value is -1.01. The Morgan fingerprint density at radius 1 is 1.50 bits per heavy atom. The molecule has 68 valence electrons. The number of hydrogen-bond acceptors (Lipinski definition) is 5. The first kappa shape index (κ1) is 9.08. The van der Waals surface area contributed by atoms with Crippen LogP contribution in [0.1, 0.15) is 12.8 Å². The lowest BCUT2D eigenvalue weighted by atomic mass is 10.2. The highest BCUT2D eigenvalue weighted by Gasteiger charge is 2.02. The molecule has 0 aromatic carbocycles. The third-order valence-corrected chi connectivity index (χ3v) is 1.58. The quantitative estimate of drug-likeness (QED) is 0.579. The summed E-state index contributed by atoms with van der Waals surface area (Å²) in [5, 5.41) is 19.9. The Morgan fingerprint density at radius 2 is 2.33 bits per heavy atom. The van der Waals surface area contributed by atoms with E-state index < -0.39 is 0 Å². The second kappa shape index (κ2) is 4.78. The van der Waals surface area contributed by atoms with Crippen molar-refractivity contribution in [1.82, 2.24) is 20.2 Å². The van der Waals surface area contributed by atoms with Crippen molar-refractivity contribution in [1.29, 1.82) is 0 Å². The molecular formula is C6H13N5O. The summed E-state index contributed by atoms with van der Waals surface area (Å²) in [7, 11) is 0. The van der Waals surface area contributed by atoms with E-state index >= 15 is 0 Å². The van der Waals surface area contributed by atoms with Crippen LogP contribution in [-0.4, -0.2) is 38.0 Å². The number of aliphatic hydroxyl groups is 1. The van der Waals surface area contributed by atoms with Gasteiger partial charge in [0.25, 0.3) is 0 Å². The number of rotatable bonds is 5. The van der Waals surface area contributed by atoms with Crippen LogP contribution in [0.5, 0.6) is 0 Å². The maximum Gasteiger partial charge on any atom is 0.138 e.